The summed E-state index contributed by atoms with van der Waals surface area (Å²) in [5.41, 5.74) is 1.35. The van der Waals surface area contributed by atoms with E-state index in [1.807, 2.05) is 23.7 Å². The average molecular weight is 339 g/mol. The fraction of sp³-hybridized carbons (Fsp3) is 0.400. The first-order valence-corrected chi connectivity index (χ1v) is 8.30. The van der Waals surface area contributed by atoms with E-state index in [9.17, 15) is 0 Å². The molecule has 0 radical (unpaired) electrons. The van der Waals surface area contributed by atoms with E-state index in [0.717, 1.165) is 19.4 Å². The lowest BCUT2D eigenvalue weighted by Crippen LogP contribution is -2.33. The molecule has 0 bridgehead atoms. The van der Waals surface area contributed by atoms with Gasteiger partial charge >= 0.3 is 0 Å². The molecule has 2 aromatic heterocycles. The van der Waals surface area contributed by atoms with E-state index in [0.29, 0.717) is 6.04 Å². The summed E-state index contributed by atoms with van der Waals surface area (Å²) >= 11 is 5.35. The predicted molar refractivity (Wildman–Crippen MR) is 85.7 cm³/mol. The highest BCUT2D eigenvalue weighted by atomic mass is 79.9. The summed E-state index contributed by atoms with van der Waals surface area (Å²) in [5, 5.41) is 5.80. The highest BCUT2D eigenvalue weighted by Crippen LogP contribution is 2.21. The monoisotopic (exact) mass is 338 g/mol. The van der Waals surface area contributed by atoms with Gasteiger partial charge in [-0.15, -0.1) is 11.3 Å². The Morgan fingerprint density at radius 1 is 1.32 bits per heavy atom. The largest absolute Gasteiger partial charge is 0.313 e. The molecular weight excluding hydrogens is 320 g/mol. The van der Waals surface area contributed by atoms with Crippen LogP contribution in [0.4, 0.5) is 0 Å². The van der Waals surface area contributed by atoms with Gasteiger partial charge in [0.05, 0.1) is 0 Å². The molecule has 0 aliphatic carbocycles. The molecule has 0 fully saturated rings. The molecule has 0 spiro atoms. The molecule has 1 unspecified atom stereocenters. The molecule has 19 heavy (non-hydrogen) atoms. The molecule has 0 aliphatic heterocycles. The van der Waals surface area contributed by atoms with Gasteiger partial charge in [-0.25, -0.2) is 0 Å². The molecule has 1 N–H and O–H groups in total. The van der Waals surface area contributed by atoms with Gasteiger partial charge in [0.1, 0.15) is 0 Å². The lowest BCUT2D eigenvalue weighted by atomic mass is 10.0. The highest BCUT2D eigenvalue weighted by molar-refractivity contribution is 9.10. The van der Waals surface area contributed by atoms with Crippen LogP contribution in [0.1, 0.15) is 23.8 Å². The molecule has 2 nitrogen and oxygen atoms in total. The van der Waals surface area contributed by atoms with Crippen molar-refractivity contribution in [2.75, 3.05) is 6.54 Å². The van der Waals surface area contributed by atoms with E-state index >= 15 is 0 Å². The number of hydrogen-bond acceptors (Lipinski definition) is 3. The normalized spacial score (nSPS) is 12.5. The van der Waals surface area contributed by atoms with E-state index in [1.165, 1.54) is 21.3 Å². The minimum Gasteiger partial charge on any atom is -0.313 e. The second kappa shape index (κ2) is 7.78. The first-order valence-electron chi connectivity index (χ1n) is 6.63. The van der Waals surface area contributed by atoms with Crippen molar-refractivity contribution in [2.45, 2.75) is 32.2 Å². The first-order chi connectivity index (χ1) is 9.28. The van der Waals surface area contributed by atoms with Gasteiger partial charge in [0.2, 0.25) is 0 Å². The second-order valence-electron chi connectivity index (χ2n) is 4.65. The van der Waals surface area contributed by atoms with E-state index in [4.69, 9.17) is 0 Å². The van der Waals surface area contributed by atoms with Gasteiger partial charge in [0, 0.05) is 33.2 Å². The predicted octanol–water partition coefficient (Wildman–Crippen LogP) is 4.06. The van der Waals surface area contributed by atoms with Crippen LogP contribution in [0.15, 0.2) is 40.4 Å². The summed E-state index contributed by atoms with van der Waals surface area (Å²) < 4.78 is 1.19. The van der Waals surface area contributed by atoms with Crippen LogP contribution in [0, 0.1) is 0 Å². The lowest BCUT2D eigenvalue weighted by Gasteiger charge is -2.17. The Morgan fingerprint density at radius 3 is 2.74 bits per heavy atom. The molecule has 0 amide bonds. The summed E-state index contributed by atoms with van der Waals surface area (Å²) in [7, 11) is 0. The van der Waals surface area contributed by atoms with Crippen molar-refractivity contribution >= 4 is 27.3 Å². The number of nitrogens with one attached hydrogen (secondary N) is 1. The number of hydrogen-bond donors (Lipinski definition) is 1. The summed E-state index contributed by atoms with van der Waals surface area (Å²) in [6.45, 7) is 3.28. The number of halogens is 1. The van der Waals surface area contributed by atoms with Gasteiger partial charge < -0.3 is 5.32 Å². The zero-order valence-corrected chi connectivity index (χ0v) is 13.5. The molecule has 1 atom stereocenters. The smallest absolute Gasteiger partial charge is 0.0285 e. The number of rotatable bonds is 7. The van der Waals surface area contributed by atoms with E-state index in [1.54, 1.807) is 0 Å². The lowest BCUT2D eigenvalue weighted by molar-refractivity contribution is 0.507. The third kappa shape index (κ3) is 5.05. The van der Waals surface area contributed by atoms with Gasteiger partial charge in [-0.1, -0.05) is 6.92 Å². The number of aromatic nitrogens is 1. The molecular formula is C15H19BrN2S. The average Bonchev–Trinajstić information content (AvgIpc) is 2.82. The minimum absolute atomic E-state index is 0.493. The van der Waals surface area contributed by atoms with Crippen molar-refractivity contribution in [2.24, 2.45) is 0 Å². The SMILES string of the molecule is CCCNC(Cc1ccncc1)Cc1cc(Br)cs1. The maximum Gasteiger partial charge on any atom is 0.0285 e. The van der Waals surface area contributed by atoms with Crippen LogP contribution >= 0.6 is 27.3 Å². The summed E-state index contributed by atoms with van der Waals surface area (Å²) in [6.07, 6.45) is 7.04. The van der Waals surface area contributed by atoms with Crippen molar-refractivity contribution in [3.8, 4) is 0 Å². The minimum atomic E-state index is 0.493. The second-order valence-corrected chi connectivity index (χ2v) is 6.56. The Bertz CT molecular complexity index is 484. The number of thiophene rings is 1. The van der Waals surface area contributed by atoms with E-state index < -0.39 is 0 Å². The Balaban J connectivity index is 1.99. The topological polar surface area (TPSA) is 24.9 Å². The van der Waals surface area contributed by atoms with Crippen molar-refractivity contribution < 1.29 is 0 Å². The summed E-state index contributed by atoms with van der Waals surface area (Å²) in [5.74, 6) is 0. The third-order valence-corrected chi connectivity index (χ3v) is 4.70. The quantitative estimate of drug-likeness (QED) is 0.823. The Morgan fingerprint density at radius 2 is 2.11 bits per heavy atom. The molecule has 2 aromatic rings. The first kappa shape index (κ1) is 14.7. The van der Waals surface area contributed by atoms with Crippen molar-refractivity contribution in [3.05, 3.63) is 50.9 Å². The molecule has 102 valence electrons. The van der Waals surface area contributed by atoms with Crippen LogP contribution in [-0.2, 0) is 12.8 Å². The molecule has 0 saturated heterocycles. The van der Waals surface area contributed by atoms with Gasteiger partial charge in [0.15, 0.2) is 0 Å². The number of pyridine rings is 1. The van der Waals surface area contributed by atoms with Crippen LogP contribution < -0.4 is 5.32 Å². The van der Waals surface area contributed by atoms with Crippen LogP contribution in [0.5, 0.6) is 0 Å². The van der Waals surface area contributed by atoms with Crippen molar-refractivity contribution in [1.82, 2.24) is 10.3 Å². The third-order valence-electron chi connectivity index (χ3n) is 2.98. The molecule has 0 saturated carbocycles. The van der Waals surface area contributed by atoms with Gasteiger partial charge in [-0.05, 0) is 65.5 Å². The fourth-order valence-electron chi connectivity index (χ4n) is 2.07. The standard InChI is InChI=1S/C15H19BrN2S/c1-2-5-18-14(8-12-3-6-17-7-4-12)10-15-9-13(16)11-19-15/h3-4,6-7,9,11,14,18H,2,5,8,10H2,1H3. The molecule has 2 rings (SSSR count). The summed E-state index contributed by atoms with van der Waals surface area (Å²) in [4.78, 5) is 5.50. The molecule has 0 aliphatic rings. The van der Waals surface area contributed by atoms with Crippen molar-refractivity contribution in [1.29, 1.82) is 0 Å². The van der Waals surface area contributed by atoms with Gasteiger partial charge in [-0.2, -0.15) is 0 Å². The van der Waals surface area contributed by atoms with Crippen LogP contribution in [0.25, 0.3) is 0 Å². The van der Waals surface area contributed by atoms with E-state index in [2.05, 4.69) is 56.7 Å². The van der Waals surface area contributed by atoms with Gasteiger partial charge in [0.25, 0.3) is 0 Å². The summed E-state index contributed by atoms with van der Waals surface area (Å²) in [6, 6.07) is 6.92. The maximum absolute atomic E-state index is 4.08. The molecule has 0 aromatic carbocycles. The van der Waals surface area contributed by atoms with Crippen LogP contribution in [0.2, 0.25) is 0 Å². The van der Waals surface area contributed by atoms with Crippen molar-refractivity contribution in [3.63, 3.8) is 0 Å². The Kier molecular flexibility index (Phi) is 6.01. The fourth-order valence-corrected chi connectivity index (χ4v) is 3.60. The zero-order chi connectivity index (χ0) is 13.5. The van der Waals surface area contributed by atoms with Gasteiger partial charge in [-0.3, -0.25) is 4.98 Å². The molecule has 2 heterocycles. The maximum atomic E-state index is 4.08. The van der Waals surface area contributed by atoms with Crippen LogP contribution in [0.3, 0.4) is 0 Å². The van der Waals surface area contributed by atoms with Crippen LogP contribution in [-0.4, -0.2) is 17.6 Å². The zero-order valence-electron chi connectivity index (χ0n) is 11.1. The molecule has 4 heteroatoms. The number of nitrogens with zero attached hydrogens (tertiary/aromatic N) is 1. The Hall–Kier alpha value is -0.710. The Labute approximate surface area is 127 Å². The van der Waals surface area contributed by atoms with E-state index in [-0.39, 0.29) is 0 Å². The highest BCUT2D eigenvalue weighted by Gasteiger charge is 2.11.